The van der Waals surface area contributed by atoms with Crippen LogP contribution in [0.2, 0.25) is 0 Å². The Hall–Kier alpha value is -2.11. The van der Waals surface area contributed by atoms with Crippen LogP contribution in [0.25, 0.3) is 4.85 Å². The summed E-state index contributed by atoms with van der Waals surface area (Å²) < 4.78 is 0. The third kappa shape index (κ3) is 2.23. The molecule has 4 rings (SSSR count). The van der Waals surface area contributed by atoms with Gasteiger partial charge in [0.2, 0.25) is 6.54 Å². The van der Waals surface area contributed by atoms with E-state index in [1.54, 1.807) is 0 Å². The van der Waals surface area contributed by atoms with E-state index in [0.717, 1.165) is 19.6 Å². The molecule has 0 radical (unpaired) electrons. The average Bonchev–Trinajstić information content (AvgIpc) is 3.24. The molecule has 2 fully saturated rings. The van der Waals surface area contributed by atoms with Crippen LogP contribution in [0, 0.1) is 17.9 Å². The van der Waals surface area contributed by atoms with Crippen molar-refractivity contribution in [2.75, 3.05) is 19.6 Å². The highest BCUT2D eigenvalue weighted by molar-refractivity contribution is 5.33. The van der Waals surface area contributed by atoms with E-state index in [-0.39, 0.29) is 0 Å². The Bertz CT molecular complexity index is 641. The molecule has 22 heavy (non-hydrogen) atoms. The number of rotatable bonds is 4. The topological polar surface area (TPSA) is 7.60 Å². The van der Waals surface area contributed by atoms with E-state index < -0.39 is 0 Å². The molecule has 1 atom stereocenters. The molecule has 0 bridgehead atoms. The second kappa shape index (κ2) is 5.26. The Morgan fingerprint density at radius 1 is 1.00 bits per heavy atom. The number of hydrogen-bond donors (Lipinski definition) is 0. The molecule has 1 spiro atoms. The van der Waals surface area contributed by atoms with Gasteiger partial charge in [0.1, 0.15) is 0 Å². The van der Waals surface area contributed by atoms with Crippen molar-refractivity contribution in [2.24, 2.45) is 11.3 Å². The number of benzene rings is 2. The van der Waals surface area contributed by atoms with Crippen LogP contribution >= 0.6 is 0 Å². The maximum atomic E-state index is 7.06. The average molecular weight is 288 g/mol. The molecule has 110 valence electrons. The molecule has 0 amide bonds. The molecule has 1 aliphatic carbocycles. The van der Waals surface area contributed by atoms with Crippen LogP contribution in [0.5, 0.6) is 0 Å². The van der Waals surface area contributed by atoms with Gasteiger partial charge in [-0.2, -0.15) is 0 Å². The van der Waals surface area contributed by atoms with Gasteiger partial charge < -0.3 is 4.85 Å². The molecule has 1 aliphatic heterocycles. The first-order chi connectivity index (χ1) is 10.8. The third-order valence-electron chi connectivity index (χ3n) is 5.30. The van der Waals surface area contributed by atoms with E-state index in [2.05, 4.69) is 70.4 Å². The summed E-state index contributed by atoms with van der Waals surface area (Å²) in [7, 11) is 0. The van der Waals surface area contributed by atoms with Crippen molar-refractivity contribution in [2.45, 2.75) is 12.5 Å². The lowest BCUT2D eigenvalue weighted by molar-refractivity contribution is 0.0416. The van der Waals surface area contributed by atoms with Crippen LogP contribution in [-0.2, 0) is 0 Å². The van der Waals surface area contributed by atoms with Crippen molar-refractivity contribution in [3.05, 3.63) is 83.2 Å². The highest BCUT2D eigenvalue weighted by atomic mass is 15.3. The highest BCUT2D eigenvalue weighted by Crippen LogP contribution is 2.60. The van der Waals surface area contributed by atoms with E-state index in [1.807, 2.05) is 0 Å². The quantitative estimate of drug-likeness (QED) is 0.771. The summed E-state index contributed by atoms with van der Waals surface area (Å²) in [5.41, 5.74) is 3.20. The van der Waals surface area contributed by atoms with Crippen molar-refractivity contribution in [3.63, 3.8) is 0 Å². The minimum absolute atomic E-state index is 0.349. The number of hydrogen-bond acceptors (Lipinski definition) is 1. The second-order valence-electron chi connectivity index (χ2n) is 6.73. The lowest BCUT2D eigenvalue weighted by Gasteiger charge is -2.46. The van der Waals surface area contributed by atoms with Crippen LogP contribution in [0.4, 0.5) is 0 Å². The van der Waals surface area contributed by atoms with Crippen LogP contribution < -0.4 is 0 Å². The van der Waals surface area contributed by atoms with Crippen molar-refractivity contribution in [3.8, 4) is 0 Å². The van der Waals surface area contributed by atoms with Crippen LogP contribution in [0.3, 0.4) is 0 Å². The molecule has 2 heteroatoms. The van der Waals surface area contributed by atoms with Gasteiger partial charge in [-0.1, -0.05) is 60.7 Å². The molecule has 2 aromatic carbocycles. The SMILES string of the molecule is [C-]#[N+]CC1CC12CN(C(c1ccccc1)c1ccccc1)C2. The Kier molecular flexibility index (Phi) is 3.24. The lowest BCUT2D eigenvalue weighted by Crippen LogP contribution is -2.51. The standard InChI is InChI=1S/C20H20N2/c1-21-13-18-12-20(18)14-22(15-20)19(16-8-4-2-5-9-16)17-10-6-3-7-11-17/h2-11,18-19H,12-15H2. The fourth-order valence-electron chi connectivity index (χ4n) is 4.02. The van der Waals surface area contributed by atoms with Gasteiger partial charge in [0.05, 0.1) is 6.04 Å². The van der Waals surface area contributed by atoms with Gasteiger partial charge in [0.25, 0.3) is 0 Å². The normalized spacial score (nSPS) is 22.3. The summed E-state index contributed by atoms with van der Waals surface area (Å²) in [4.78, 5) is 6.17. The Morgan fingerprint density at radius 2 is 1.55 bits per heavy atom. The maximum Gasteiger partial charge on any atom is 0.218 e. The van der Waals surface area contributed by atoms with Crippen molar-refractivity contribution in [1.82, 2.24) is 4.90 Å². The fraction of sp³-hybridized carbons (Fsp3) is 0.350. The fourth-order valence-corrected chi connectivity index (χ4v) is 4.02. The second-order valence-corrected chi connectivity index (χ2v) is 6.73. The van der Waals surface area contributed by atoms with Crippen LogP contribution in [0.1, 0.15) is 23.6 Å². The molecule has 1 unspecified atom stereocenters. The number of nitrogens with zero attached hydrogens (tertiary/aromatic N) is 2. The molecule has 0 aromatic heterocycles. The van der Waals surface area contributed by atoms with Gasteiger partial charge in [0.15, 0.2) is 0 Å². The maximum absolute atomic E-state index is 7.06. The van der Waals surface area contributed by atoms with Crippen LogP contribution in [-0.4, -0.2) is 24.5 Å². The Morgan fingerprint density at radius 3 is 2.05 bits per heavy atom. The Labute approximate surface area is 132 Å². The van der Waals surface area contributed by atoms with E-state index in [9.17, 15) is 0 Å². The van der Waals surface area contributed by atoms with Crippen LogP contribution in [0.15, 0.2) is 60.7 Å². The largest absolute Gasteiger partial charge is 0.317 e. The van der Waals surface area contributed by atoms with E-state index in [1.165, 1.54) is 17.5 Å². The predicted molar refractivity (Wildman–Crippen MR) is 88.3 cm³/mol. The number of likely N-dealkylation sites (tertiary alicyclic amines) is 1. The molecule has 0 N–H and O–H groups in total. The van der Waals surface area contributed by atoms with Gasteiger partial charge in [0, 0.05) is 24.4 Å². The van der Waals surface area contributed by atoms with Crippen molar-refractivity contribution in [1.29, 1.82) is 0 Å². The summed E-state index contributed by atoms with van der Waals surface area (Å²) in [5, 5.41) is 0. The lowest BCUT2D eigenvalue weighted by atomic mass is 9.87. The molecule has 1 saturated heterocycles. The zero-order valence-corrected chi connectivity index (χ0v) is 12.7. The zero-order chi connectivity index (χ0) is 15.0. The summed E-state index contributed by atoms with van der Waals surface area (Å²) in [6.07, 6.45) is 1.25. The van der Waals surface area contributed by atoms with Crippen molar-refractivity contribution >= 4 is 0 Å². The highest BCUT2D eigenvalue weighted by Gasteiger charge is 2.63. The minimum atomic E-state index is 0.349. The molecule has 1 saturated carbocycles. The minimum Gasteiger partial charge on any atom is -0.317 e. The molecule has 2 nitrogen and oxygen atoms in total. The first kappa shape index (κ1) is 13.5. The molecule has 2 aliphatic rings. The molecule has 2 aromatic rings. The summed E-state index contributed by atoms with van der Waals surface area (Å²) in [5.74, 6) is 0.647. The summed E-state index contributed by atoms with van der Waals surface area (Å²) in [6.45, 7) is 10.1. The molecular formula is C20H20N2. The van der Waals surface area contributed by atoms with Crippen molar-refractivity contribution < 1.29 is 0 Å². The first-order valence-electron chi connectivity index (χ1n) is 8.00. The van der Waals surface area contributed by atoms with E-state index in [4.69, 9.17) is 6.57 Å². The van der Waals surface area contributed by atoms with E-state index >= 15 is 0 Å². The van der Waals surface area contributed by atoms with Gasteiger partial charge >= 0.3 is 0 Å². The van der Waals surface area contributed by atoms with Gasteiger partial charge in [-0.05, 0) is 17.5 Å². The zero-order valence-electron chi connectivity index (χ0n) is 12.7. The third-order valence-corrected chi connectivity index (χ3v) is 5.30. The first-order valence-corrected chi connectivity index (χ1v) is 8.00. The van der Waals surface area contributed by atoms with Gasteiger partial charge in [-0.25, -0.2) is 6.57 Å². The van der Waals surface area contributed by atoms with Gasteiger partial charge in [-0.15, -0.1) is 0 Å². The summed E-state index contributed by atoms with van der Waals surface area (Å²) >= 11 is 0. The Balaban J connectivity index is 1.57. The smallest absolute Gasteiger partial charge is 0.218 e. The molecule has 1 heterocycles. The van der Waals surface area contributed by atoms with Gasteiger partial charge in [-0.3, -0.25) is 4.90 Å². The van der Waals surface area contributed by atoms with E-state index in [0.29, 0.717) is 17.4 Å². The monoisotopic (exact) mass is 288 g/mol. The summed E-state index contributed by atoms with van der Waals surface area (Å²) in [6, 6.07) is 21.9. The predicted octanol–water partition coefficient (Wildman–Crippen LogP) is 4.02. The molecular weight excluding hydrogens is 268 g/mol.